The standard InChI is InChI=1S/C36H62O4SSi/c1-25(2)14-13-15-26(24-39-41(10,37)38)28-17-18-29-27-16-19-31-34(6,7)32(40-42(11,12)33(3,4)5)21-23-36(31,9)30(27)20-22-35(28,29)8/h14,18,26,28,31-32H,13,15-17,19-24H2,1-12H3/t26-,28+,31-,32?,35+,36+/m0/s1. The maximum absolute atomic E-state index is 12.0. The van der Waals surface area contributed by atoms with Crippen LogP contribution in [0.1, 0.15) is 120 Å². The first kappa shape index (κ1) is 34.2. The Hall–Kier alpha value is -0.693. The lowest BCUT2D eigenvalue weighted by Gasteiger charge is -2.61. The van der Waals surface area contributed by atoms with Gasteiger partial charge in [-0.25, -0.2) is 0 Å². The van der Waals surface area contributed by atoms with E-state index in [4.69, 9.17) is 8.61 Å². The summed E-state index contributed by atoms with van der Waals surface area (Å²) in [5, 5.41) is 0.223. The van der Waals surface area contributed by atoms with Gasteiger partial charge in [-0.3, -0.25) is 4.18 Å². The summed E-state index contributed by atoms with van der Waals surface area (Å²) >= 11 is 0. The van der Waals surface area contributed by atoms with E-state index in [2.05, 4.69) is 87.6 Å². The second-order valence-electron chi connectivity index (χ2n) is 17.2. The summed E-state index contributed by atoms with van der Waals surface area (Å²) in [6.07, 6.45) is 16.4. The highest BCUT2D eigenvalue weighted by Gasteiger charge is 2.59. The Morgan fingerprint density at radius 2 is 1.74 bits per heavy atom. The van der Waals surface area contributed by atoms with Crippen LogP contribution in [0.25, 0.3) is 0 Å². The Bertz CT molecular complexity index is 1230. The molecule has 0 N–H and O–H groups in total. The number of fused-ring (bicyclic) bond motifs is 4. The molecule has 0 aromatic carbocycles. The number of hydrogen-bond donors (Lipinski definition) is 0. The monoisotopic (exact) mass is 618 g/mol. The molecular formula is C36H62O4SSi. The molecule has 1 fully saturated rings. The Morgan fingerprint density at radius 3 is 2.33 bits per heavy atom. The first-order valence-electron chi connectivity index (χ1n) is 16.7. The van der Waals surface area contributed by atoms with Crippen molar-refractivity contribution in [3.8, 4) is 0 Å². The maximum atomic E-state index is 12.0. The zero-order valence-electron chi connectivity index (χ0n) is 29.1. The second kappa shape index (κ2) is 11.6. The third-order valence-electron chi connectivity index (χ3n) is 12.8. The highest BCUT2D eigenvalue weighted by Crippen LogP contribution is 2.67. The summed E-state index contributed by atoms with van der Waals surface area (Å²) in [5.74, 6) is 1.28. The molecule has 0 spiro atoms. The van der Waals surface area contributed by atoms with Gasteiger partial charge in [0.05, 0.1) is 19.0 Å². The Balaban J connectivity index is 1.60. The van der Waals surface area contributed by atoms with Crippen molar-refractivity contribution in [3.05, 3.63) is 34.4 Å². The van der Waals surface area contributed by atoms with E-state index >= 15 is 0 Å². The van der Waals surface area contributed by atoms with Gasteiger partial charge in [0.2, 0.25) is 0 Å². The molecule has 4 aliphatic rings. The van der Waals surface area contributed by atoms with E-state index < -0.39 is 18.4 Å². The van der Waals surface area contributed by atoms with Crippen LogP contribution in [0.3, 0.4) is 0 Å². The van der Waals surface area contributed by atoms with Crippen molar-refractivity contribution in [3.63, 3.8) is 0 Å². The highest BCUT2D eigenvalue weighted by molar-refractivity contribution is 7.85. The fourth-order valence-corrected chi connectivity index (χ4v) is 11.3. The SMILES string of the molecule is CC(C)=CCC[C@@H](COS(C)(=O)=O)[C@H]1CC=C2C3=C(CC[C@@]21C)[C@@]1(C)CCC(O[Si](C)(C)C(C)(C)C)C(C)(C)[C@@H]1CC3. The molecule has 240 valence electrons. The van der Waals surface area contributed by atoms with E-state index in [-0.39, 0.29) is 27.2 Å². The van der Waals surface area contributed by atoms with E-state index in [0.29, 0.717) is 24.5 Å². The molecule has 4 aliphatic carbocycles. The van der Waals surface area contributed by atoms with Crippen molar-refractivity contribution >= 4 is 18.4 Å². The van der Waals surface area contributed by atoms with Crippen LogP contribution in [0.2, 0.25) is 18.1 Å². The fraction of sp³-hybridized carbons (Fsp3) is 0.833. The van der Waals surface area contributed by atoms with Crippen molar-refractivity contribution in [2.75, 3.05) is 12.9 Å². The smallest absolute Gasteiger partial charge is 0.264 e. The molecule has 1 saturated carbocycles. The van der Waals surface area contributed by atoms with E-state index in [0.717, 1.165) is 32.1 Å². The minimum atomic E-state index is -3.46. The summed E-state index contributed by atoms with van der Waals surface area (Å²) in [4.78, 5) is 0. The topological polar surface area (TPSA) is 52.6 Å². The highest BCUT2D eigenvalue weighted by atomic mass is 32.2. The zero-order valence-corrected chi connectivity index (χ0v) is 30.9. The quantitative estimate of drug-likeness (QED) is 0.147. The molecule has 6 atom stereocenters. The van der Waals surface area contributed by atoms with Gasteiger partial charge in [0.25, 0.3) is 10.1 Å². The Labute approximate surface area is 260 Å². The molecule has 0 bridgehead atoms. The van der Waals surface area contributed by atoms with Gasteiger partial charge < -0.3 is 4.43 Å². The van der Waals surface area contributed by atoms with Gasteiger partial charge in [-0.2, -0.15) is 8.42 Å². The van der Waals surface area contributed by atoms with Crippen LogP contribution in [0, 0.1) is 34.0 Å². The molecule has 0 heterocycles. The summed E-state index contributed by atoms with van der Waals surface area (Å²) in [5.41, 5.74) is 6.79. The van der Waals surface area contributed by atoms with Gasteiger partial charge in [-0.15, -0.1) is 0 Å². The molecule has 4 nitrogen and oxygen atoms in total. The first-order valence-corrected chi connectivity index (χ1v) is 21.4. The summed E-state index contributed by atoms with van der Waals surface area (Å²) in [6.45, 7) is 26.6. The van der Waals surface area contributed by atoms with Crippen LogP contribution < -0.4 is 0 Å². The van der Waals surface area contributed by atoms with Crippen molar-refractivity contribution in [1.29, 1.82) is 0 Å². The van der Waals surface area contributed by atoms with Gasteiger partial charge in [-0.1, -0.05) is 71.8 Å². The molecule has 0 aromatic rings. The van der Waals surface area contributed by atoms with E-state index in [9.17, 15) is 8.42 Å². The predicted molar refractivity (Wildman–Crippen MR) is 179 cm³/mol. The lowest BCUT2D eigenvalue weighted by molar-refractivity contribution is -0.0840. The average molecular weight is 619 g/mol. The summed E-state index contributed by atoms with van der Waals surface area (Å²) in [6, 6.07) is 0. The van der Waals surface area contributed by atoms with E-state index in [1.165, 1.54) is 37.5 Å². The molecule has 0 radical (unpaired) electrons. The number of hydrogen-bond acceptors (Lipinski definition) is 4. The molecule has 0 amide bonds. The van der Waals surface area contributed by atoms with Crippen molar-refractivity contribution < 1.29 is 17.0 Å². The molecule has 6 heteroatoms. The third kappa shape index (κ3) is 6.35. The molecule has 0 aromatic heterocycles. The average Bonchev–Trinajstić information content (AvgIpc) is 3.19. The summed E-state index contributed by atoms with van der Waals surface area (Å²) in [7, 11) is -5.31. The van der Waals surface area contributed by atoms with Crippen molar-refractivity contribution in [2.24, 2.45) is 34.0 Å². The normalized spacial score (nSPS) is 33.8. The zero-order chi connectivity index (χ0) is 31.5. The molecule has 0 saturated heterocycles. The van der Waals surface area contributed by atoms with E-state index in [1.807, 2.05) is 0 Å². The van der Waals surface area contributed by atoms with Gasteiger partial charge in [0.1, 0.15) is 0 Å². The Kier molecular flexibility index (Phi) is 9.43. The molecule has 1 unspecified atom stereocenters. The molecule has 42 heavy (non-hydrogen) atoms. The van der Waals surface area contributed by atoms with Crippen molar-refractivity contribution in [2.45, 2.75) is 144 Å². The molecule has 4 rings (SSSR count). The van der Waals surface area contributed by atoms with Gasteiger partial charge in [-0.05, 0) is 135 Å². The van der Waals surface area contributed by atoms with Crippen LogP contribution in [-0.4, -0.2) is 35.7 Å². The van der Waals surface area contributed by atoms with Gasteiger partial charge in [0, 0.05) is 0 Å². The van der Waals surface area contributed by atoms with Crippen LogP contribution in [0.4, 0.5) is 0 Å². The predicted octanol–water partition coefficient (Wildman–Crippen LogP) is 9.99. The van der Waals surface area contributed by atoms with Crippen LogP contribution >= 0.6 is 0 Å². The number of rotatable bonds is 9. The van der Waals surface area contributed by atoms with Gasteiger partial charge >= 0.3 is 0 Å². The Morgan fingerprint density at radius 1 is 1.07 bits per heavy atom. The molecular weight excluding hydrogens is 557 g/mol. The fourth-order valence-electron chi connectivity index (χ4n) is 9.36. The summed E-state index contributed by atoms with van der Waals surface area (Å²) < 4.78 is 36.6. The minimum Gasteiger partial charge on any atom is -0.413 e. The second-order valence-corrected chi connectivity index (χ2v) is 23.6. The third-order valence-corrected chi connectivity index (χ3v) is 17.8. The number of allylic oxidation sites excluding steroid dienone is 6. The van der Waals surface area contributed by atoms with Gasteiger partial charge in [0.15, 0.2) is 8.32 Å². The lowest BCUT2D eigenvalue weighted by atomic mass is 9.46. The largest absolute Gasteiger partial charge is 0.413 e. The van der Waals surface area contributed by atoms with Crippen LogP contribution in [0.15, 0.2) is 34.4 Å². The first-order chi connectivity index (χ1) is 19.1. The van der Waals surface area contributed by atoms with E-state index in [1.54, 1.807) is 16.7 Å². The van der Waals surface area contributed by atoms with Crippen molar-refractivity contribution in [1.82, 2.24) is 0 Å². The van der Waals surface area contributed by atoms with Crippen LogP contribution in [0.5, 0.6) is 0 Å². The maximum Gasteiger partial charge on any atom is 0.264 e. The molecule has 0 aliphatic heterocycles. The minimum absolute atomic E-state index is 0.0939. The lowest BCUT2D eigenvalue weighted by Crippen LogP contribution is -2.57. The van der Waals surface area contributed by atoms with Crippen LogP contribution in [-0.2, 0) is 18.7 Å².